The van der Waals surface area contributed by atoms with Crippen molar-refractivity contribution in [1.29, 1.82) is 0 Å². The Kier molecular flexibility index (Phi) is 8.74. The van der Waals surface area contributed by atoms with Crippen molar-refractivity contribution < 1.29 is 4.39 Å². The summed E-state index contributed by atoms with van der Waals surface area (Å²) in [5.74, 6) is 5.94. The summed E-state index contributed by atoms with van der Waals surface area (Å²) < 4.78 is 15.2. The molecule has 0 unspecified atom stereocenters. The Morgan fingerprint density at radius 1 is 0.600 bits per heavy atom. The lowest BCUT2D eigenvalue weighted by Gasteiger charge is -2.07. The molecule has 1 heteroatoms. The molecule has 4 rings (SSSR count). The zero-order chi connectivity index (χ0) is 24.5. The largest absolute Gasteiger partial charge is 0.205 e. The van der Waals surface area contributed by atoms with E-state index < -0.39 is 0 Å². The average Bonchev–Trinajstić information content (AvgIpc) is 2.89. The molecule has 0 saturated heterocycles. The molecule has 0 saturated carbocycles. The number of unbranched alkanes of at least 4 members (excludes halogenated alkanes) is 4. The zero-order valence-electron chi connectivity index (χ0n) is 21.0. The monoisotopic (exact) mass is 462 g/mol. The number of aryl methyl sites for hydroxylation is 2. The highest BCUT2D eigenvalue weighted by Crippen LogP contribution is 2.28. The molecule has 0 aliphatic carbocycles. The van der Waals surface area contributed by atoms with Gasteiger partial charge in [-0.1, -0.05) is 112 Å². The van der Waals surface area contributed by atoms with Crippen LogP contribution in [-0.2, 0) is 12.8 Å². The van der Waals surface area contributed by atoms with Crippen LogP contribution in [0.1, 0.15) is 74.6 Å². The van der Waals surface area contributed by atoms with Gasteiger partial charge in [0.2, 0.25) is 0 Å². The molecule has 0 amide bonds. The molecule has 4 aromatic rings. The van der Waals surface area contributed by atoms with Crippen LogP contribution in [0, 0.1) is 17.7 Å². The van der Waals surface area contributed by atoms with Crippen molar-refractivity contribution >= 4 is 10.8 Å². The third kappa shape index (κ3) is 6.61. The Balaban J connectivity index is 1.46. The van der Waals surface area contributed by atoms with Crippen LogP contribution in [0.5, 0.6) is 0 Å². The summed E-state index contributed by atoms with van der Waals surface area (Å²) in [6, 6.07) is 26.8. The molecule has 0 nitrogen and oxygen atoms in total. The van der Waals surface area contributed by atoms with Gasteiger partial charge in [-0.2, -0.15) is 0 Å². The molecule has 0 aliphatic rings. The van der Waals surface area contributed by atoms with Crippen LogP contribution < -0.4 is 0 Å². The molecule has 0 heterocycles. The second-order valence-corrected chi connectivity index (χ2v) is 9.42. The summed E-state index contributed by atoms with van der Waals surface area (Å²) >= 11 is 0. The molecule has 35 heavy (non-hydrogen) atoms. The maximum atomic E-state index is 15.2. The molecule has 0 aromatic heterocycles. The Bertz CT molecular complexity index is 1300. The highest BCUT2D eigenvalue weighted by atomic mass is 19.1. The first-order valence-electron chi connectivity index (χ1n) is 13.1. The Morgan fingerprint density at radius 2 is 1.29 bits per heavy atom. The van der Waals surface area contributed by atoms with Crippen LogP contribution in [0.25, 0.3) is 21.9 Å². The van der Waals surface area contributed by atoms with E-state index in [4.69, 9.17) is 0 Å². The second kappa shape index (κ2) is 12.4. The molecule has 0 aliphatic heterocycles. The fourth-order valence-corrected chi connectivity index (χ4v) is 4.55. The van der Waals surface area contributed by atoms with Gasteiger partial charge in [-0.15, -0.1) is 0 Å². The van der Waals surface area contributed by atoms with Gasteiger partial charge in [-0.05, 0) is 71.2 Å². The highest BCUT2D eigenvalue weighted by molar-refractivity contribution is 5.89. The minimum absolute atomic E-state index is 0.247. The predicted molar refractivity (Wildman–Crippen MR) is 148 cm³/mol. The number of hydrogen-bond acceptors (Lipinski definition) is 0. The van der Waals surface area contributed by atoms with Gasteiger partial charge in [0.15, 0.2) is 0 Å². The third-order valence-electron chi connectivity index (χ3n) is 6.64. The molecule has 0 N–H and O–H groups in total. The second-order valence-electron chi connectivity index (χ2n) is 9.42. The molecule has 0 radical (unpaired) electrons. The lowest BCUT2D eigenvalue weighted by molar-refractivity contribution is 0.632. The topological polar surface area (TPSA) is 0 Å². The van der Waals surface area contributed by atoms with Crippen molar-refractivity contribution in [2.45, 2.75) is 65.2 Å². The maximum absolute atomic E-state index is 15.2. The summed E-state index contributed by atoms with van der Waals surface area (Å²) in [6.07, 6.45) is 9.81. The maximum Gasteiger partial charge on any atom is 0.146 e. The van der Waals surface area contributed by atoms with E-state index in [1.165, 1.54) is 43.2 Å². The quantitative estimate of drug-likeness (QED) is 0.172. The summed E-state index contributed by atoms with van der Waals surface area (Å²) in [5.41, 5.74) is 6.31. The van der Waals surface area contributed by atoms with E-state index in [1.807, 2.05) is 30.3 Å². The van der Waals surface area contributed by atoms with E-state index >= 15 is 4.39 Å². The van der Waals surface area contributed by atoms with E-state index in [-0.39, 0.29) is 5.82 Å². The van der Waals surface area contributed by atoms with E-state index in [0.29, 0.717) is 10.9 Å². The summed E-state index contributed by atoms with van der Waals surface area (Å²) in [7, 11) is 0. The van der Waals surface area contributed by atoms with Crippen LogP contribution in [0.4, 0.5) is 4.39 Å². The van der Waals surface area contributed by atoms with E-state index in [1.54, 1.807) is 6.07 Å². The Morgan fingerprint density at radius 3 is 2.03 bits per heavy atom. The number of halogens is 1. The first-order chi connectivity index (χ1) is 17.2. The fraction of sp³-hybridized carbons (Fsp3) is 0.294. The highest BCUT2D eigenvalue weighted by Gasteiger charge is 2.08. The standard InChI is InChI=1S/C34H35F/c1-3-5-6-7-8-10-27-11-13-28(14-12-27)17-20-30-21-22-32-25-31(23-24-33(32)34(30)35)29-18-15-26(9-4-2)16-19-29/h11-16,18-19,21-25H,3-10H2,1-2H3. The van der Waals surface area contributed by atoms with Crippen LogP contribution in [0.15, 0.2) is 78.9 Å². The van der Waals surface area contributed by atoms with Crippen LogP contribution in [0.2, 0.25) is 0 Å². The van der Waals surface area contributed by atoms with Crippen LogP contribution >= 0.6 is 0 Å². The number of hydrogen-bond donors (Lipinski definition) is 0. The Hall–Kier alpha value is -3.37. The minimum Gasteiger partial charge on any atom is -0.205 e. The number of benzene rings is 4. The van der Waals surface area contributed by atoms with Crippen molar-refractivity contribution in [3.05, 3.63) is 107 Å². The number of fused-ring (bicyclic) bond motifs is 1. The van der Waals surface area contributed by atoms with Gasteiger partial charge < -0.3 is 0 Å². The van der Waals surface area contributed by atoms with Gasteiger partial charge in [0, 0.05) is 10.9 Å². The summed E-state index contributed by atoms with van der Waals surface area (Å²) in [5, 5.41) is 1.51. The molecular formula is C34H35F. The lowest BCUT2D eigenvalue weighted by Crippen LogP contribution is -1.89. The van der Waals surface area contributed by atoms with Crippen molar-refractivity contribution in [1.82, 2.24) is 0 Å². The van der Waals surface area contributed by atoms with Gasteiger partial charge in [-0.3, -0.25) is 0 Å². The molecule has 4 aromatic carbocycles. The zero-order valence-corrected chi connectivity index (χ0v) is 21.0. The molecule has 0 bridgehead atoms. The van der Waals surface area contributed by atoms with E-state index in [2.05, 4.69) is 68.2 Å². The summed E-state index contributed by atoms with van der Waals surface area (Å²) in [6.45, 7) is 4.44. The van der Waals surface area contributed by atoms with E-state index in [9.17, 15) is 0 Å². The molecule has 178 valence electrons. The lowest BCUT2D eigenvalue weighted by atomic mass is 9.98. The number of rotatable bonds is 9. The fourth-order valence-electron chi connectivity index (χ4n) is 4.55. The first kappa shape index (κ1) is 24.7. The molecule has 0 atom stereocenters. The minimum atomic E-state index is -0.247. The van der Waals surface area contributed by atoms with Crippen LogP contribution in [0.3, 0.4) is 0 Å². The van der Waals surface area contributed by atoms with Gasteiger partial charge >= 0.3 is 0 Å². The van der Waals surface area contributed by atoms with Crippen molar-refractivity contribution in [2.75, 3.05) is 0 Å². The normalized spacial score (nSPS) is 10.8. The van der Waals surface area contributed by atoms with Crippen molar-refractivity contribution in [3.63, 3.8) is 0 Å². The van der Waals surface area contributed by atoms with Gasteiger partial charge in [0.05, 0.1) is 5.56 Å². The van der Waals surface area contributed by atoms with Gasteiger partial charge in [-0.25, -0.2) is 4.39 Å². The predicted octanol–water partition coefficient (Wildman–Crippen LogP) is 9.51. The van der Waals surface area contributed by atoms with Crippen molar-refractivity contribution in [2.24, 2.45) is 0 Å². The molecule has 0 spiro atoms. The molecule has 0 fully saturated rings. The molecular weight excluding hydrogens is 427 g/mol. The average molecular weight is 463 g/mol. The SMILES string of the molecule is CCCCCCCc1ccc(C#Cc2ccc3cc(-c4ccc(CCC)cc4)ccc3c2F)cc1. The van der Waals surface area contributed by atoms with Gasteiger partial charge in [0.1, 0.15) is 5.82 Å². The summed E-state index contributed by atoms with van der Waals surface area (Å²) in [4.78, 5) is 0. The van der Waals surface area contributed by atoms with Crippen LogP contribution in [-0.4, -0.2) is 0 Å². The smallest absolute Gasteiger partial charge is 0.146 e. The third-order valence-corrected chi connectivity index (χ3v) is 6.64. The Labute approximate surface area is 210 Å². The van der Waals surface area contributed by atoms with Crippen molar-refractivity contribution in [3.8, 4) is 23.0 Å². The van der Waals surface area contributed by atoms with Gasteiger partial charge in [0.25, 0.3) is 0 Å². The van der Waals surface area contributed by atoms with E-state index in [0.717, 1.165) is 41.3 Å². The first-order valence-corrected chi connectivity index (χ1v) is 13.1.